The zero-order valence-corrected chi connectivity index (χ0v) is 14.0. The van der Waals surface area contributed by atoms with Crippen molar-refractivity contribution >= 4 is 62.0 Å². The maximum atomic E-state index is 5.37. The lowest BCUT2D eigenvalue weighted by Crippen LogP contribution is -1.94. The van der Waals surface area contributed by atoms with E-state index in [2.05, 4.69) is 32.9 Å². The fourth-order valence-electron chi connectivity index (χ4n) is 0.892. The van der Waals surface area contributed by atoms with Crippen LogP contribution in [0.4, 0.5) is 0 Å². The minimum Gasteiger partial charge on any atom is -0.327 e. The van der Waals surface area contributed by atoms with E-state index in [1.807, 2.05) is 0 Å². The van der Waals surface area contributed by atoms with Gasteiger partial charge in [-0.15, -0.1) is 62.0 Å². The lowest BCUT2D eigenvalue weighted by Gasteiger charge is -1.96. The van der Waals surface area contributed by atoms with Crippen molar-refractivity contribution in [1.29, 1.82) is 0 Å². The topological polar surface area (TPSA) is 26.0 Å². The average molecular weight is 336 g/mol. The molecule has 0 radical (unpaired) electrons. The molecule has 0 amide bonds. The molecule has 0 aliphatic carbocycles. The van der Waals surface area contributed by atoms with Crippen molar-refractivity contribution < 1.29 is 0 Å². The summed E-state index contributed by atoms with van der Waals surface area (Å²) in [5.41, 5.74) is 8.16. The monoisotopic (exact) mass is 333 g/mol. The van der Waals surface area contributed by atoms with Gasteiger partial charge in [-0.1, -0.05) is 23.3 Å². The summed E-state index contributed by atoms with van der Waals surface area (Å²) in [5.74, 6) is 0. The number of hydrogen-bond donors (Lipinski definition) is 1. The van der Waals surface area contributed by atoms with Crippen molar-refractivity contribution in [3.63, 3.8) is 0 Å². The highest BCUT2D eigenvalue weighted by Crippen LogP contribution is 2.05. The Balaban J connectivity index is -0.0000000500. The van der Waals surface area contributed by atoms with Crippen molar-refractivity contribution in [2.45, 2.75) is 33.6 Å². The van der Waals surface area contributed by atoms with E-state index in [9.17, 15) is 0 Å². The van der Waals surface area contributed by atoms with E-state index in [1.165, 1.54) is 11.1 Å². The third-order valence-corrected chi connectivity index (χ3v) is 1.56. The fraction of sp³-hybridized carbons (Fsp3) is 0.600. The van der Waals surface area contributed by atoms with Gasteiger partial charge in [-0.2, -0.15) is 0 Å². The number of nitrogens with two attached hydrogens (primary N) is 1. The quantitative estimate of drug-likeness (QED) is 0.737. The number of halogens is 5. The Morgan fingerprint density at radius 1 is 0.875 bits per heavy atom. The fourth-order valence-corrected chi connectivity index (χ4v) is 0.892. The van der Waals surface area contributed by atoms with Gasteiger partial charge in [-0.25, -0.2) is 0 Å². The Bertz CT molecular complexity index is 165. The van der Waals surface area contributed by atoms with Crippen molar-refractivity contribution in [2.75, 3.05) is 6.54 Å². The molecule has 0 unspecified atom stereocenters. The van der Waals surface area contributed by atoms with E-state index < -0.39 is 0 Å². The van der Waals surface area contributed by atoms with Crippen LogP contribution in [0.25, 0.3) is 0 Å². The van der Waals surface area contributed by atoms with Gasteiger partial charge in [-0.3, -0.25) is 0 Å². The van der Waals surface area contributed by atoms with Crippen LogP contribution in [0.3, 0.4) is 0 Å². The van der Waals surface area contributed by atoms with Crippen LogP contribution >= 0.6 is 62.0 Å². The van der Waals surface area contributed by atoms with Crippen LogP contribution in [-0.4, -0.2) is 6.54 Å². The van der Waals surface area contributed by atoms with E-state index in [0.717, 1.165) is 12.8 Å². The summed E-state index contributed by atoms with van der Waals surface area (Å²) < 4.78 is 0. The van der Waals surface area contributed by atoms with Crippen molar-refractivity contribution in [3.8, 4) is 0 Å². The van der Waals surface area contributed by atoms with Gasteiger partial charge in [-0.05, 0) is 33.6 Å². The zero-order chi connectivity index (χ0) is 8.69. The molecule has 6 heteroatoms. The van der Waals surface area contributed by atoms with Gasteiger partial charge in [0.15, 0.2) is 0 Å². The molecule has 104 valence electrons. The van der Waals surface area contributed by atoms with E-state index in [1.54, 1.807) is 0 Å². The third kappa shape index (κ3) is 29.4. The lowest BCUT2D eigenvalue weighted by atomic mass is 10.1. The minimum absolute atomic E-state index is 0. The molecule has 0 saturated carbocycles. The zero-order valence-electron chi connectivity index (χ0n) is 9.89. The van der Waals surface area contributed by atoms with Gasteiger partial charge in [0, 0.05) is 6.54 Å². The molecular formula is C10H24Cl5N. The number of rotatable bonds is 4. The van der Waals surface area contributed by atoms with Crippen LogP contribution in [0, 0.1) is 0 Å². The average Bonchev–Trinajstić information content (AvgIpc) is 1.87. The molecule has 0 aromatic heterocycles. The Kier molecular flexibility index (Phi) is 56.0. The second-order valence-electron chi connectivity index (χ2n) is 3.11. The van der Waals surface area contributed by atoms with Gasteiger partial charge in [0.2, 0.25) is 0 Å². The molecule has 16 heavy (non-hydrogen) atoms. The van der Waals surface area contributed by atoms with Crippen LogP contribution in [0.15, 0.2) is 23.3 Å². The van der Waals surface area contributed by atoms with E-state index in [0.29, 0.717) is 6.54 Å². The first-order valence-corrected chi connectivity index (χ1v) is 4.16. The highest BCUT2D eigenvalue weighted by molar-refractivity contribution is 5.86. The molecule has 0 aromatic rings. The van der Waals surface area contributed by atoms with E-state index in [-0.39, 0.29) is 62.0 Å². The predicted octanol–water partition coefficient (Wildman–Crippen LogP) is 4.75. The first kappa shape index (κ1) is 36.0. The van der Waals surface area contributed by atoms with Gasteiger partial charge in [0.1, 0.15) is 0 Å². The Labute approximate surface area is 131 Å². The summed E-state index contributed by atoms with van der Waals surface area (Å²) in [4.78, 5) is 0. The summed E-state index contributed by atoms with van der Waals surface area (Å²) >= 11 is 0. The van der Waals surface area contributed by atoms with Crippen molar-refractivity contribution in [1.82, 2.24) is 0 Å². The highest BCUT2D eigenvalue weighted by Gasteiger charge is 1.86. The molecule has 1 nitrogen and oxygen atoms in total. The summed E-state index contributed by atoms with van der Waals surface area (Å²) in [5, 5.41) is 0. The molecule has 2 N–H and O–H groups in total. The van der Waals surface area contributed by atoms with Crippen LogP contribution in [0.1, 0.15) is 33.6 Å². The largest absolute Gasteiger partial charge is 0.327 e. The van der Waals surface area contributed by atoms with Crippen LogP contribution in [0.2, 0.25) is 0 Å². The summed E-state index contributed by atoms with van der Waals surface area (Å²) in [6.07, 6.45) is 6.62. The van der Waals surface area contributed by atoms with Gasteiger partial charge < -0.3 is 5.73 Å². The lowest BCUT2D eigenvalue weighted by molar-refractivity contribution is 0.956. The van der Waals surface area contributed by atoms with Gasteiger partial charge >= 0.3 is 0 Å². The van der Waals surface area contributed by atoms with Crippen molar-refractivity contribution in [3.05, 3.63) is 23.3 Å². The third-order valence-electron chi connectivity index (χ3n) is 1.56. The van der Waals surface area contributed by atoms with Crippen molar-refractivity contribution in [2.24, 2.45) is 5.73 Å². The normalized spacial score (nSPS) is 7.88. The first-order chi connectivity index (χ1) is 5.16. The molecular weight excluding hydrogens is 311 g/mol. The second kappa shape index (κ2) is 24.9. The molecule has 0 aromatic carbocycles. The Morgan fingerprint density at radius 2 is 1.31 bits per heavy atom. The molecule has 0 aliphatic heterocycles. The molecule has 0 heterocycles. The highest BCUT2D eigenvalue weighted by atomic mass is 35.5. The summed E-state index contributed by atoms with van der Waals surface area (Å²) in [7, 11) is 0. The smallest absolute Gasteiger partial charge is 0.0109 e. The van der Waals surface area contributed by atoms with Crippen LogP contribution in [0.5, 0.6) is 0 Å². The minimum atomic E-state index is 0. The molecule has 0 aliphatic rings. The van der Waals surface area contributed by atoms with Crippen LogP contribution < -0.4 is 5.73 Å². The Morgan fingerprint density at radius 3 is 1.62 bits per heavy atom. The molecule has 0 bridgehead atoms. The molecule has 0 saturated heterocycles. The maximum Gasteiger partial charge on any atom is 0.0109 e. The molecule has 0 fully saturated rings. The molecule has 0 atom stereocenters. The van der Waals surface area contributed by atoms with Gasteiger partial charge in [0.25, 0.3) is 0 Å². The van der Waals surface area contributed by atoms with E-state index in [4.69, 9.17) is 5.73 Å². The standard InChI is InChI=1S/C10H19N.5ClH/c1-9(2)5-4-6-10(3)7-8-11;;;;;/h5,7H,4,6,8,11H2,1-3H3;5*1H/b10-7+;;;;;. The van der Waals surface area contributed by atoms with E-state index >= 15 is 0 Å². The summed E-state index contributed by atoms with van der Waals surface area (Å²) in [6, 6.07) is 0. The maximum absolute atomic E-state index is 5.37. The summed E-state index contributed by atoms with van der Waals surface area (Å²) in [6.45, 7) is 7.05. The van der Waals surface area contributed by atoms with Crippen LogP contribution in [-0.2, 0) is 0 Å². The van der Waals surface area contributed by atoms with Gasteiger partial charge in [0.05, 0.1) is 0 Å². The molecule has 0 spiro atoms. The predicted molar refractivity (Wildman–Crippen MR) is 87.7 cm³/mol. The second-order valence-corrected chi connectivity index (χ2v) is 3.11. The Hall–Kier alpha value is 0.890. The number of allylic oxidation sites excluding steroid dienone is 3. The molecule has 0 rings (SSSR count). The first-order valence-electron chi connectivity index (χ1n) is 4.16. The number of hydrogen-bond acceptors (Lipinski definition) is 1. The SMILES string of the molecule is CC(C)=CCC/C(C)=C/CN.Cl.Cl.Cl.Cl.Cl.